The van der Waals surface area contributed by atoms with Gasteiger partial charge in [0.1, 0.15) is 5.82 Å². The van der Waals surface area contributed by atoms with E-state index in [0.717, 1.165) is 57.9 Å². The Morgan fingerprint density at radius 3 is 2.80 bits per heavy atom. The minimum atomic E-state index is -0.149. The number of imidazole rings is 1. The zero-order chi connectivity index (χ0) is 20.7. The number of aryl methyl sites for hydroxylation is 4. The van der Waals surface area contributed by atoms with Crippen molar-refractivity contribution >= 4 is 22.5 Å². The third-order valence-electron chi connectivity index (χ3n) is 5.73. The predicted octanol–water partition coefficient (Wildman–Crippen LogP) is 5.30. The molecule has 2 aromatic carbocycles. The maximum absolute atomic E-state index is 13.0. The van der Waals surface area contributed by atoms with Crippen molar-refractivity contribution < 1.29 is 4.79 Å². The molecular formula is C25H24N4O. The predicted molar refractivity (Wildman–Crippen MR) is 120 cm³/mol. The van der Waals surface area contributed by atoms with E-state index in [1.807, 2.05) is 62.4 Å². The highest BCUT2D eigenvalue weighted by atomic mass is 16.1. The molecule has 1 aliphatic rings. The van der Waals surface area contributed by atoms with Crippen LogP contribution in [-0.4, -0.2) is 20.4 Å². The van der Waals surface area contributed by atoms with Gasteiger partial charge in [0.2, 0.25) is 0 Å². The summed E-state index contributed by atoms with van der Waals surface area (Å²) < 4.78 is 2.25. The molecule has 1 N–H and O–H groups in total. The second kappa shape index (κ2) is 7.41. The van der Waals surface area contributed by atoms with Gasteiger partial charge in [0.05, 0.1) is 22.5 Å². The summed E-state index contributed by atoms with van der Waals surface area (Å²) in [6.07, 6.45) is 5.56. The molecule has 3 heterocycles. The number of pyridine rings is 1. The molecule has 0 bridgehead atoms. The van der Waals surface area contributed by atoms with Crippen LogP contribution < -0.4 is 5.32 Å². The van der Waals surface area contributed by atoms with Gasteiger partial charge in [-0.25, -0.2) is 4.98 Å². The first kappa shape index (κ1) is 18.6. The summed E-state index contributed by atoms with van der Waals surface area (Å²) in [4.78, 5) is 22.4. The van der Waals surface area contributed by atoms with Crippen LogP contribution in [0.3, 0.4) is 0 Å². The lowest BCUT2D eigenvalue weighted by Gasteiger charge is -2.11. The Morgan fingerprint density at radius 1 is 1.03 bits per heavy atom. The molecule has 30 heavy (non-hydrogen) atoms. The van der Waals surface area contributed by atoms with E-state index in [0.29, 0.717) is 5.56 Å². The summed E-state index contributed by atoms with van der Waals surface area (Å²) in [5.41, 5.74) is 6.12. The minimum Gasteiger partial charge on any atom is -0.334 e. The van der Waals surface area contributed by atoms with E-state index in [1.165, 1.54) is 12.8 Å². The topological polar surface area (TPSA) is 59.8 Å². The molecular weight excluding hydrogens is 372 g/mol. The maximum atomic E-state index is 13.0. The van der Waals surface area contributed by atoms with Crippen LogP contribution in [0.15, 0.2) is 54.7 Å². The number of anilines is 1. The zero-order valence-corrected chi connectivity index (χ0v) is 17.3. The molecule has 5 heteroatoms. The highest BCUT2D eigenvalue weighted by Gasteiger charge is 2.15. The molecule has 0 saturated heterocycles. The number of nitrogens with zero attached hydrogens (tertiary/aromatic N) is 3. The summed E-state index contributed by atoms with van der Waals surface area (Å²) in [7, 11) is 0. The molecule has 2 aromatic heterocycles. The molecule has 0 fully saturated rings. The van der Waals surface area contributed by atoms with Crippen LogP contribution in [0.4, 0.5) is 5.69 Å². The number of benzene rings is 2. The number of aromatic nitrogens is 3. The Hall–Kier alpha value is -3.47. The summed E-state index contributed by atoms with van der Waals surface area (Å²) >= 11 is 0. The van der Waals surface area contributed by atoms with Crippen molar-refractivity contribution in [2.24, 2.45) is 0 Å². The largest absolute Gasteiger partial charge is 0.334 e. The highest BCUT2D eigenvalue weighted by Crippen LogP contribution is 2.25. The lowest BCUT2D eigenvalue weighted by atomic mass is 10.1. The lowest BCUT2D eigenvalue weighted by Crippen LogP contribution is -2.14. The first-order valence-corrected chi connectivity index (χ1v) is 10.4. The fourth-order valence-electron chi connectivity index (χ4n) is 4.11. The third-order valence-corrected chi connectivity index (χ3v) is 5.73. The maximum Gasteiger partial charge on any atom is 0.257 e. The normalized spacial score (nSPS) is 13.3. The van der Waals surface area contributed by atoms with E-state index in [4.69, 9.17) is 4.98 Å². The van der Waals surface area contributed by atoms with E-state index in [-0.39, 0.29) is 5.91 Å². The number of hydrogen-bond donors (Lipinski definition) is 1. The Labute approximate surface area is 175 Å². The number of rotatable bonds is 3. The summed E-state index contributed by atoms with van der Waals surface area (Å²) in [6, 6.07) is 15.9. The quantitative estimate of drug-likeness (QED) is 0.511. The Balaban J connectivity index is 1.42. The van der Waals surface area contributed by atoms with Gasteiger partial charge in [-0.05, 0) is 56.5 Å². The van der Waals surface area contributed by atoms with Gasteiger partial charge in [-0.2, -0.15) is 0 Å². The monoisotopic (exact) mass is 396 g/mol. The van der Waals surface area contributed by atoms with Gasteiger partial charge in [-0.3, -0.25) is 9.78 Å². The van der Waals surface area contributed by atoms with Crippen molar-refractivity contribution in [1.29, 1.82) is 0 Å². The van der Waals surface area contributed by atoms with Crippen molar-refractivity contribution in [2.45, 2.75) is 39.7 Å². The van der Waals surface area contributed by atoms with Crippen LogP contribution in [0.25, 0.3) is 22.2 Å². The number of fused-ring (bicyclic) bond motifs is 2. The molecule has 5 rings (SSSR count). The second-order valence-electron chi connectivity index (χ2n) is 8.05. The van der Waals surface area contributed by atoms with Gasteiger partial charge < -0.3 is 9.88 Å². The fourth-order valence-corrected chi connectivity index (χ4v) is 4.11. The molecule has 0 atom stereocenters. The number of carbonyl (C=O) groups is 1. The molecule has 1 aliphatic heterocycles. The molecule has 0 spiro atoms. The van der Waals surface area contributed by atoms with Crippen LogP contribution in [0, 0.1) is 13.8 Å². The first-order chi connectivity index (χ1) is 14.6. The van der Waals surface area contributed by atoms with E-state index in [1.54, 1.807) is 0 Å². The molecule has 1 amide bonds. The van der Waals surface area contributed by atoms with E-state index in [2.05, 4.69) is 21.1 Å². The highest BCUT2D eigenvalue weighted by molar-refractivity contribution is 6.07. The van der Waals surface area contributed by atoms with Gasteiger partial charge in [0.15, 0.2) is 0 Å². The van der Waals surface area contributed by atoms with E-state index in [9.17, 15) is 4.79 Å². The number of hydrogen-bond acceptors (Lipinski definition) is 3. The molecule has 4 aromatic rings. The molecule has 150 valence electrons. The van der Waals surface area contributed by atoms with Crippen LogP contribution >= 0.6 is 0 Å². The number of carbonyl (C=O) groups excluding carboxylic acids is 1. The molecule has 5 nitrogen and oxygen atoms in total. The third kappa shape index (κ3) is 3.47. The number of nitrogens with one attached hydrogen (secondary N) is 1. The van der Waals surface area contributed by atoms with Crippen molar-refractivity contribution in [3.63, 3.8) is 0 Å². The van der Waals surface area contributed by atoms with E-state index < -0.39 is 0 Å². The molecule has 0 radical (unpaired) electrons. The zero-order valence-electron chi connectivity index (χ0n) is 17.3. The Kier molecular flexibility index (Phi) is 4.58. The van der Waals surface area contributed by atoms with Crippen molar-refractivity contribution in [3.05, 3.63) is 77.4 Å². The van der Waals surface area contributed by atoms with E-state index >= 15 is 0 Å². The van der Waals surface area contributed by atoms with Crippen molar-refractivity contribution in [2.75, 3.05) is 5.32 Å². The Morgan fingerprint density at radius 2 is 1.93 bits per heavy atom. The van der Waals surface area contributed by atoms with Gasteiger partial charge in [0, 0.05) is 35.8 Å². The first-order valence-electron chi connectivity index (χ1n) is 10.4. The summed E-state index contributed by atoms with van der Waals surface area (Å²) in [5.74, 6) is 1.00. The van der Waals surface area contributed by atoms with Gasteiger partial charge in [-0.15, -0.1) is 0 Å². The second-order valence-corrected chi connectivity index (χ2v) is 8.05. The van der Waals surface area contributed by atoms with Crippen LogP contribution in [0.1, 0.15) is 40.3 Å². The van der Waals surface area contributed by atoms with Crippen molar-refractivity contribution in [3.8, 4) is 11.3 Å². The summed E-state index contributed by atoms with van der Waals surface area (Å²) in [5, 5.41) is 4.00. The lowest BCUT2D eigenvalue weighted by molar-refractivity contribution is 0.102. The molecule has 0 aliphatic carbocycles. The standard InChI is InChI=1S/C25H24N4O/c1-16-9-10-19-14-21(17(2)26-22(19)12-16)25(30)27-20-7-5-6-18(13-20)23-15-29-11-4-3-8-24(29)28-23/h5-7,9-10,12-15H,3-4,8,11H2,1-2H3,(H,27,30). The van der Waals surface area contributed by atoms with Crippen molar-refractivity contribution in [1.82, 2.24) is 14.5 Å². The van der Waals surface area contributed by atoms with Crippen LogP contribution in [0.2, 0.25) is 0 Å². The van der Waals surface area contributed by atoms with Gasteiger partial charge in [0.25, 0.3) is 5.91 Å². The average molecular weight is 396 g/mol. The smallest absolute Gasteiger partial charge is 0.257 e. The minimum absolute atomic E-state index is 0.149. The van der Waals surface area contributed by atoms with Crippen LogP contribution in [0.5, 0.6) is 0 Å². The van der Waals surface area contributed by atoms with Gasteiger partial charge >= 0.3 is 0 Å². The Bertz CT molecular complexity index is 1250. The van der Waals surface area contributed by atoms with Crippen LogP contribution in [-0.2, 0) is 13.0 Å². The van der Waals surface area contributed by atoms with Gasteiger partial charge in [-0.1, -0.05) is 24.3 Å². The molecule has 0 unspecified atom stereocenters. The summed E-state index contributed by atoms with van der Waals surface area (Å²) in [6.45, 7) is 4.95. The fraction of sp³-hybridized carbons (Fsp3) is 0.240. The number of amides is 1. The average Bonchev–Trinajstić information content (AvgIpc) is 3.18. The SMILES string of the molecule is Cc1ccc2cc(C(=O)Nc3cccc(-c4cn5c(n4)CCCC5)c3)c(C)nc2c1. The molecule has 0 saturated carbocycles.